The van der Waals surface area contributed by atoms with Crippen LogP contribution in [0.5, 0.6) is 5.75 Å². The number of carbonyl (C=O) groups is 4. The highest BCUT2D eigenvalue weighted by molar-refractivity contribution is 6.69. The molecule has 0 radical (unpaired) electrons. The fraction of sp³-hybridized carbons (Fsp3) is 0.375. The number of hydrogen-bond acceptors (Lipinski definition) is 7. The third-order valence-corrected chi connectivity index (χ3v) is 6.66. The Kier molecular flexibility index (Phi) is 11.3. The van der Waals surface area contributed by atoms with E-state index in [4.69, 9.17) is 119 Å². The average molecular weight is 749 g/mol. The number of aliphatic imine (C=N–C) groups is 1. The molecule has 2 atom stereocenters. The lowest BCUT2D eigenvalue weighted by atomic mass is 9.69. The third-order valence-electron chi connectivity index (χ3n) is 5.45. The first-order valence-corrected chi connectivity index (χ1v) is 14.6. The van der Waals surface area contributed by atoms with Crippen LogP contribution in [0.25, 0.3) is 0 Å². The Morgan fingerprint density at radius 2 is 1.27 bits per heavy atom. The van der Waals surface area contributed by atoms with E-state index >= 15 is 0 Å². The second-order valence-electron chi connectivity index (χ2n) is 8.56. The maximum atomic E-state index is 13.9. The molecule has 0 N–H and O–H groups in total. The first-order chi connectivity index (χ1) is 18.8. The summed E-state index contributed by atoms with van der Waals surface area (Å²) in [5, 5.41) is 0. The Balaban J connectivity index is 2.23. The minimum absolute atomic E-state index is 0.0447. The van der Waals surface area contributed by atoms with Crippen LogP contribution < -0.4 is 4.74 Å². The Hall–Kier alpha value is -0.940. The molecule has 1 aromatic rings. The summed E-state index contributed by atoms with van der Waals surface area (Å²) >= 11 is 51.8. The molecule has 3 rings (SSSR count). The van der Waals surface area contributed by atoms with Gasteiger partial charge in [-0.1, -0.05) is 117 Å². The van der Waals surface area contributed by atoms with Crippen LogP contribution in [0.15, 0.2) is 46.9 Å². The van der Waals surface area contributed by atoms with Gasteiger partial charge in [-0.15, -0.1) is 0 Å². The average Bonchev–Trinajstić information content (AvgIpc) is 2.78. The highest BCUT2D eigenvalue weighted by Crippen LogP contribution is 2.46. The lowest BCUT2D eigenvalue weighted by molar-refractivity contribution is -0.142. The lowest BCUT2D eigenvalue weighted by Crippen LogP contribution is -2.43. The summed E-state index contributed by atoms with van der Waals surface area (Å²) in [5.74, 6) is -6.49. The van der Waals surface area contributed by atoms with Gasteiger partial charge in [-0.2, -0.15) is 0 Å². The number of carbonyl (C=O) groups excluding carboxylic acids is 4. The number of amides is 1. The van der Waals surface area contributed by atoms with Crippen LogP contribution in [0.4, 0.5) is 0 Å². The summed E-state index contributed by atoms with van der Waals surface area (Å²) in [6.07, 6.45) is 0.442. The van der Waals surface area contributed by atoms with Crippen molar-refractivity contribution in [2.75, 3.05) is 7.11 Å². The number of ether oxygens (including phenoxy) is 3. The number of nitrogens with zero attached hydrogens (tertiary/aromatic N) is 1. The molecular weight excluding hydrogens is 733 g/mol. The second kappa shape index (κ2) is 13.4. The van der Waals surface area contributed by atoms with Gasteiger partial charge >= 0.3 is 11.9 Å². The summed E-state index contributed by atoms with van der Waals surface area (Å²) < 4.78 is 10.3. The predicted octanol–water partition coefficient (Wildman–Crippen LogP) is 7.59. The Bertz CT molecular complexity index is 1350. The smallest absolute Gasteiger partial charge is 0.315 e. The number of allylic oxidation sites excluding steroid dienone is 4. The summed E-state index contributed by atoms with van der Waals surface area (Å²) in [4.78, 5) is 56.2. The molecule has 2 aliphatic carbocycles. The number of methoxy groups -OCH3 is 1. The molecule has 17 heteroatoms. The van der Waals surface area contributed by atoms with E-state index in [1.165, 1.54) is 37.5 Å². The minimum atomic E-state index is -2.01. The molecule has 0 fully saturated rings. The molecule has 2 aliphatic rings. The molecule has 41 heavy (non-hydrogen) atoms. The number of rotatable bonds is 6. The Morgan fingerprint density at radius 3 is 1.73 bits per heavy atom. The van der Waals surface area contributed by atoms with Crippen molar-refractivity contribution in [1.29, 1.82) is 0 Å². The highest BCUT2D eigenvalue weighted by atomic mass is 35.6. The van der Waals surface area contributed by atoms with E-state index in [9.17, 15) is 19.2 Å². The van der Waals surface area contributed by atoms with Crippen LogP contribution in [0.2, 0.25) is 0 Å². The molecule has 0 heterocycles. The van der Waals surface area contributed by atoms with Gasteiger partial charge in [-0.25, -0.2) is 4.99 Å². The molecule has 222 valence electrons. The molecule has 0 saturated carbocycles. The van der Waals surface area contributed by atoms with Crippen molar-refractivity contribution >= 4 is 134 Å². The van der Waals surface area contributed by atoms with Gasteiger partial charge in [-0.3, -0.25) is 19.2 Å². The van der Waals surface area contributed by atoms with E-state index < -0.39 is 66.1 Å². The largest absolute Gasteiger partial charge is 0.496 e. The third kappa shape index (κ3) is 9.52. The Morgan fingerprint density at radius 1 is 0.780 bits per heavy atom. The number of alkyl halides is 9. The highest BCUT2D eigenvalue weighted by Gasteiger charge is 2.49. The normalized spacial score (nSPS) is 20.0. The molecule has 8 nitrogen and oxygen atoms in total. The summed E-state index contributed by atoms with van der Waals surface area (Å²) in [6, 6.07) is 4.48. The van der Waals surface area contributed by atoms with Gasteiger partial charge < -0.3 is 14.2 Å². The second-order valence-corrected chi connectivity index (χ2v) is 16.1. The van der Waals surface area contributed by atoms with Crippen LogP contribution in [0.3, 0.4) is 0 Å². The standard InChI is InChI=1S/C24H16Cl9NO7/c1-39-11-4-2-3-10-17(11)20(34-14(35)7-22(25,26)27)18-12(40-15(36)8-23(28,29)30)5-6-13(19(18)21(10)38)41-16(37)9-24(31,32)33/h2-6,18-19H,7-9H2,1H3. The van der Waals surface area contributed by atoms with Gasteiger partial charge in [0.05, 0.1) is 43.9 Å². The number of Topliss-reactive ketones (excluding diaryl/α,β-unsaturated/α-hetero) is 1. The van der Waals surface area contributed by atoms with Crippen LogP contribution >= 0.6 is 104 Å². The summed E-state index contributed by atoms with van der Waals surface area (Å²) in [6.45, 7) is 0. The van der Waals surface area contributed by atoms with Crippen LogP contribution in [0.1, 0.15) is 35.2 Å². The lowest BCUT2D eigenvalue weighted by Gasteiger charge is -2.37. The number of ketones is 1. The zero-order chi connectivity index (χ0) is 30.9. The van der Waals surface area contributed by atoms with E-state index in [0.29, 0.717) is 0 Å². The molecule has 1 aromatic carbocycles. The SMILES string of the molecule is COc1cccc2c1C(=NC(=O)CC(Cl)(Cl)Cl)C1C(OC(=O)CC(Cl)(Cl)Cl)=CC=C(OC(=O)CC(Cl)(Cl)Cl)C1C2=O. The summed E-state index contributed by atoms with van der Waals surface area (Å²) in [5.41, 5.74) is 0.0246. The van der Waals surface area contributed by atoms with E-state index in [1.54, 1.807) is 0 Å². The molecule has 0 saturated heterocycles. The number of hydrogen-bond donors (Lipinski definition) is 0. The fourth-order valence-electron chi connectivity index (χ4n) is 4.10. The topological polar surface area (TPSA) is 108 Å². The quantitative estimate of drug-likeness (QED) is 0.218. The molecule has 0 spiro atoms. The van der Waals surface area contributed by atoms with E-state index in [2.05, 4.69) is 4.99 Å². The molecule has 0 bridgehead atoms. The van der Waals surface area contributed by atoms with Crippen molar-refractivity contribution in [3.63, 3.8) is 0 Å². The molecule has 2 unspecified atom stereocenters. The van der Waals surface area contributed by atoms with Crippen LogP contribution in [-0.4, -0.2) is 47.8 Å². The molecule has 1 amide bonds. The number of fused-ring (bicyclic) bond motifs is 2. The van der Waals surface area contributed by atoms with E-state index in [-0.39, 0.29) is 34.1 Å². The minimum Gasteiger partial charge on any atom is -0.496 e. The monoisotopic (exact) mass is 745 g/mol. The summed E-state index contributed by atoms with van der Waals surface area (Å²) in [7, 11) is 1.33. The van der Waals surface area contributed by atoms with Crippen molar-refractivity contribution in [1.82, 2.24) is 0 Å². The number of benzene rings is 1. The molecular formula is C24H16Cl9NO7. The maximum absolute atomic E-state index is 13.9. The van der Waals surface area contributed by atoms with Crippen molar-refractivity contribution in [2.24, 2.45) is 16.8 Å². The van der Waals surface area contributed by atoms with Gasteiger partial charge in [0.25, 0.3) is 0 Å². The first-order valence-electron chi connectivity index (χ1n) is 11.2. The molecule has 0 aliphatic heterocycles. The predicted molar refractivity (Wildman–Crippen MR) is 159 cm³/mol. The van der Waals surface area contributed by atoms with Gasteiger partial charge in [-0.05, 0) is 18.2 Å². The van der Waals surface area contributed by atoms with Gasteiger partial charge in [0.1, 0.15) is 17.3 Å². The van der Waals surface area contributed by atoms with E-state index in [0.717, 1.165) is 0 Å². The van der Waals surface area contributed by atoms with Crippen molar-refractivity contribution in [3.8, 4) is 5.75 Å². The zero-order valence-electron chi connectivity index (χ0n) is 20.4. The van der Waals surface area contributed by atoms with Gasteiger partial charge in [0, 0.05) is 11.1 Å². The van der Waals surface area contributed by atoms with Gasteiger partial charge in [0.15, 0.2) is 9.58 Å². The maximum Gasteiger partial charge on any atom is 0.315 e. The van der Waals surface area contributed by atoms with Crippen LogP contribution in [0, 0.1) is 11.8 Å². The fourth-order valence-corrected chi connectivity index (χ4v) is 5.09. The first kappa shape index (κ1) is 34.5. The zero-order valence-corrected chi connectivity index (χ0v) is 27.2. The number of esters is 2. The van der Waals surface area contributed by atoms with Crippen LogP contribution in [-0.2, 0) is 23.9 Å². The van der Waals surface area contributed by atoms with Gasteiger partial charge in [0.2, 0.25) is 13.5 Å². The van der Waals surface area contributed by atoms with Crippen molar-refractivity contribution < 1.29 is 33.4 Å². The number of halogens is 9. The Labute approximate surface area is 278 Å². The molecule has 0 aromatic heterocycles. The van der Waals surface area contributed by atoms with E-state index in [1.807, 2.05) is 0 Å². The van der Waals surface area contributed by atoms with Crippen molar-refractivity contribution in [3.05, 3.63) is 53.0 Å². The van der Waals surface area contributed by atoms with Crippen molar-refractivity contribution in [2.45, 2.75) is 30.6 Å².